The molecule has 0 unspecified atom stereocenters. The lowest BCUT2D eigenvalue weighted by molar-refractivity contribution is 0.0664. The highest BCUT2D eigenvalue weighted by molar-refractivity contribution is 5.95. The van der Waals surface area contributed by atoms with Crippen LogP contribution in [0, 0.1) is 5.82 Å². The van der Waals surface area contributed by atoms with Gasteiger partial charge in [-0.1, -0.05) is 0 Å². The van der Waals surface area contributed by atoms with E-state index in [1.165, 1.54) is 13.2 Å². The summed E-state index contributed by atoms with van der Waals surface area (Å²) in [5, 5.41) is 0. The van der Waals surface area contributed by atoms with Gasteiger partial charge in [0.25, 0.3) is 5.91 Å². The van der Waals surface area contributed by atoms with Gasteiger partial charge in [-0.2, -0.15) is 0 Å². The summed E-state index contributed by atoms with van der Waals surface area (Å²) in [7, 11) is 3.47. The minimum absolute atomic E-state index is 0.0132. The number of aromatic nitrogens is 1. The number of piperazine rings is 1. The molecule has 3 rings (SSSR count). The first-order valence-electron chi connectivity index (χ1n) is 7.86. The van der Waals surface area contributed by atoms with Crippen molar-refractivity contribution in [1.29, 1.82) is 0 Å². The summed E-state index contributed by atoms with van der Waals surface area (Å²) in [4.78, 5) is 20.9. The fourth-order valence-corrected chi connectivity index (χ4v) is 2.74. The van der Waals surface area contributed by atoms with Gasteiger partial charge in [0.2, 0.25) is 0 Å². The lowest BCUT2D eigenvalue weighted by Gasteiger charge is -2.32. The van der Waals surface area contributed by atoms with Gasteiger partial charge in [-0.3, -0.25) is 9.78 Å². The molecular formula is C18H20FN3O2. The molecule has 24 heavy (non-hydrogen) atoms. The summed E-state index contributed by atoms with van der Waals surface area (Å²) in [6.45, 7) is 3.16. The molecule has 0 radical (unpaired) electrons. The standard InChI is InChI=1S/C18H20FN3O2/c1-21-7-9-22(10-8-21)18(23)14-5-6-20-16(12-14)13-3-4-17(24-2)15(19)11-13/h3-6,11-12H,7-10H2,1-2H3. The smallest absolute Gasteiger partial charge is 0.254 e. The first kappa shape index (κ1) is 16.4. The Hall–Kier alpha value is -2.47. The summed E-state index contributed by atoms with van der Waals surface area (Å²) < 4.78 is 18.8. The van der Waals surface area contributed by atoms with E-state index in [0.29, 0.717) is 29.9 Å². The highest BCUT2D eigenvalue weighted by atomic mass is 19.1. The number of halogens is 1. The van der Waals surface area contributed by atoms with Crippen molar-refractivity contribution >= 4 is 5.91 Å². The summed E-state index contributed by atoms with van der Waals surface area (Å²) in [5.41, 5.74) is 1.75. The third-order valence-electron chi connectivity index (χ3n) is 4.24. The molecule has 1 aliphatic heterocycles. The van der Waals surface area contributed by atoms with Crippen LogP contribution in [0.15, 0.2) is 36.5 Å². The third kappa shape index (κ3) is 3.38. The van der Waals surface area contributed by atoms with Crippen LogP contribution in [0.25, 0.3) is 11.3 Å². The van der Waals surface area contributed by atoms with E-state index in [2.05, 4.69) is 9.88 Å². The molecule has 1 aromatic carbocycles. The zero-order chi connectivity index (χ0) is 17.1. The van der Waals surface area contributed by atoms with Gasteiger partial charge in [-0.15, -0.1) is 0 Å². The van der Waals surface area contributed by atoms with Crippen LogP contribution in [0.1, 0.15) is 10.4 Å². The van der Waals surface area contributed by atoms with Crippen molar-refractivity contribution in [2.24, 2.45) is 0 Å². The van der Waals surface area contributed by atoms with Crippen molar-refractivity contribution in [2.45, 2.75) is 0 Å². The average Bonchev–Trinajstić information content (AvgIpc) is 2.62. The fraction of sp³-hybridized carbons (Fsp3) is 0.333. The van der Waals surface area contributed by atoms with Crippen molar-refractivity contribution in [3.8, 4) is 17.0 Å². The first-order chi connectivity index (χ1) is 11.6. The van der Waals surface area contributed by atoms with Crippen LogP contribution in [0.4, 0.5) is 4.39 Å². The van der Waals surface area contributed by atoms with E-state index in [-0.39, 0.29) is 11.7 Å². The van der Waals surface area contributed by atoms with Crippen LogP contribution >= 0.6 is 0 Å². The Kier molecular flexibility index (Phi) is 4.76. The molecule has 1 aliphatic rings. The largest absolute Gasteiger partial charge is 0.494 e. The number of hydrogen-bond acceptors (Lipinski definition) is 4. The second-order valence-electron chi connectivity index (χ2n) is 5.87. The van der Waals surface area contributed by atoms with Crippen LogP contribution in [-0.4, -0.2) is 61.0 Å². The molecule has 126 valence electrons. The molecule has 0 atom stereocenters. The molecule has 1 saturated heterocycles. The Morgan fingerprint density at radius 3 is 2.58 bits per heavy atom. The Morgan fingerprint density at radius 2 is 1.92 bits per heavy atom. The van der Waals surface area contributed by atoms with Crippen LogP contribution in [0.3, 0.4) is 0 Å². The Balaban J connectivity index is 1.84. The van der Waals surface area contributed by atoms with Crippen LogP contribution in [-0.2, 0) is 0 Å². The maximum absolute atomic E-state index is 13.9. The van der Waals surface area contributed by atoms with Crippen LogP contribution in [0.5, 0.6) is 5.75 Å². The number of hydrogen-bond donors (Lipinski definition) is 0. The lowest BCUT2D eigenvalue weighted by atomic mass is 10.1. The molecule has 6 heteroatoms. The Labute approximate surface area is 140 Å². The molecular weight excluding hydrogens is 309 g/mol. The van der Waals surface area contributed by atoms with Gasteiger partial charge >= 0.3 is 0 Å². The number of carbonyl (C=O) groups excluding carboxylic acids is 1. The Morgan fingerprint density at radius 1 is 1.17 bits per heavy atom. The van der Waals surface area contributed by atoms with E-state index < -0.39 is 5.82 Å². The number of benzene rings is 1. The zero-order valence-corrected chi connectivity index (χ0v) is 13.8. The molecule has 1 fully saturated rings. The number of amides is 1. The van der Waals surface area contributed by atoms with Crippen molar-refractivity contribution in [2.75, 3.05) is 40.3 Å². The fourth-order valence-electron chi connectivity index (χ4n) is 2.74. The molecule has 0 spiro atoms. The van der Waals surface area contributed by atoms with E-state index in [1.54, 1.807) is 30.5 Å². The van der Waals surface area contributed by atoms with E-state index in [9.17, 15) is 9.18 Å². The second-order valence-corrected chi connectivity index (χ2v) is 5.87. The summed E-state index contributed by atoms with van der Waals surface area (Å²) in [6, 6.07) is 8.06. The van der Waals surface area contributed by atoms with E-state index in [4.69, 9.17) is 4.74 Å². The summed E-state index contributed by atoms with van der Waals surface area (Å²) >= 11 is 0. The highest BCUT2D eigenvalue weighted by Crippen LogP contribution is 2.25. The number of methoxy groups -OCH3 is 1. The Bertz CT molecular complexity index is 743. The minimum atomic E-state index is -0.451. The predicted molar refractivity (Wildman–Crippen MR) is 89.6 cm³/mol. The molecule has 1 aromatic heterocycles. The minimum Gasteiger partial charge on any atom is -0.494 e. The van der Waals surface area contributed by atoms with Gasteiger partial charge in [0.15, 0.2) is 11.6 Å². The van der Waals surface area contributed by atoms with Crippen molar-refractivity contribution < 1.29 is 13.9 Å². The monoisotopic (exact) mass is 329 g/mol. The number of carbonyl (C=O) groups is 1. The maximum Gasteiger partial charge on any atom is 0.254 e. The number of ether oxygens (including phenoxy) is 1. The third-order valence-corrected chi connectivity index (χ3v) is 4.24. The maximum atomic E-state index is 13.9. The van der Waals surface area contributed by atoms with E-state index in [1.807, 2.05) is 11.9 Å². The van der Waals surface area contributed by atoms with Gasteiger partial charge in [0.1, 0.15) is 0 Å². The molecule has 2 aromatic rings. The molecule has 5 nitrogen and oxygen atoms in total. The zero-order valence-electron chi connectivity index (χ0n) is 13.8. The average molecular weight is 329 g/mol. The van der Waals surface area contributed by atoms with Crippen molar-refractivity contribution in [3.05, 3.63) is 47.9 Å². The molecule has 1 amide bonds. The topological polar surface area (TPSA) is 45.7 Å². The quantitative estimate of drug-likeness (QED) is 0.867. The number of rotatable bonds is 3. The number of pyridine rings is 1. The van der Waals surface area contributed by atoms with Gasteiger partial charge < -0.3 is 14.5 Å². The molecule has 0 N–H and O–H groups in total. The SMILES string of the molecule is COc1ccc(-c2cc(C(=O)N3CCN(C)CC3)ccn2)cc1F. The highest BCUT2D eigenvalue weighted by Gasteiger charge is 2.20. The molecule has 0 bridgehead atoms. The normalized spacial score (nSPS) is 15.4. The molecule has 2 heterocycles. The molecule has 0 saturated carbocycles. The molecule has 0 aliphatic carbocycles. The van der Waals surface area contributed by atoms with Gasteiger partial charge in [-0.25, -0.2) is 4.39 Å². The number of nitrogens with zero attached hydrogens (tertiary/aromatic N) is 3. The predicted octanol–water partition coefficient (Wildman–Crippen LogP) is 2.28. The van der Waals surface area contributed by atoms with Crippen molar-refractivity contribution in [1.82, 2.24) is 14.8 Å². The number of likely N-dealkylation sites (N-methyl/N-ethyl adjacent to an activating group) is 1. The first-order valence-corrected chi connectivity index (χ1v) is 7.86. The van der Waals surface area contributed by atoms with Crippen molar-refractivity contribution in [3.63, 3.8) is 0 Å². The van der Waals surface area contributed by atoms with Gasteiger partial charge in [0, 0.05) is 43.5 Å². The summed E-state index contributed by atoms with van der Waals surface area (Å²) in [6.07, 6.45) is 1.58. The van der Waals surface area contributed by atoms with Gasteiger partial charge in [-0.05, 0) is 37.4 Å². The lowest BCUT2D eigenvalue weighted by Crippen LogP contribution is -2.47. The van der Waals surface area contributed by atoms with Crippen LogP contribution in [0.2, 0.25) is 0 Å². The second kappa shape index (κ2) is 6.97. The summed E-state index contributed by atoms with van der Waals surface area (Å²) in [5.74, 6) is -0.281. The van der Waals surface area contributed by atoms with Gasteiger partial charge in [0.05, 0.1) is 12.8 Å². The van der Waals surface area contributed by atoms with Crippen LogP contribution < -0.4 is 4.74 Å². The van der Waals surface area contributed by atoms with E-state index in [0.717, 1.165) is 13.1 Å². The van der Waals surface area contributed by atoms with E-state index >= 15 is 0 Å².